The van der Waals surface area contributed by atoms with Gasteiger partial charge in [-0.05, 0) is 30.5 Å². The average molecular weight is 379 g/mol. The number of rotatable bonds is 8. The molecule has 1 heterocycles. The highest BCUT2D eigenvalue weighted by atomic mass is 16.5. The van der Waals surface area contributed by atoms with Crippen molar-refractivity contribution in [3.05, 3.63) is 71.9 Å². The Labute approximate surface area is 164 Å². The van der Waals surface area contributed by atoms with Gasteiger partial charge in [0.05, 0.1) is 0 Å². The quantitative estimate of drug-likeness (QED) is 0.629. The van der Waals surface area contributed by atoms with Crippen LogP contribution in [0.2, 0.25) is 0 Å². The van der Waals surface area contributed by atoms with E-state index in [1.165, 1.54) is 10.9 Å². The van der Waals surface area contributed by atoms with Crippen LogP contribution in [0.3, 0.4) is 0 Å². The first-order valence-corrected chi connectivity index (χ1v) is 9.44. The number of nitrogens with one attached hydrogen (secondary N) is 2. The van der Waals surface area contributed by atoms with Crippen LogP contribution in [0.15, 0.2) is 60.8 Å². The van der Waals surface area contributed by atoms with Gasteiger partial charge in [-0.15, -0.1) is 0 Å². The van der Waals surface area contributed by atoms with Crippen molar-refractivity contribution in [1.82, 2.24) is 15.2 Å². The molecule has 2 N–H and O–H groups in total. The van der Waals surface area contributed by atoms with Crippen LogP contribution in [-0.4, -0.2) is 41.5 Å². The number of ether oxygens (including phenoxy) is 1. The van der Waals surface area contributed by atoms with Gasteiger partial charge >= 0.3 is 6.09 Å². The van der Waals surface area contributed by atoms with Gasteiger partial charge in [0.2, 0.25) is 5.91 Å². The minimum Gasteiger partial charge on any atom is -0.445 e. The van der Waals surface area contributed by atoms with Gasteiger partial charge in [-0.1, -0.05) is 48.5 Å². The largest absolute Gasteiger partial charge is 0.445 e. The minimum atomic E-state index is -0.593. The fourth-order valence-electron chi connectivity index (χ4n) is 3.09. The average Bonchev–Trinajstić information content (AvgIpc) is 3.15. The SMILES string of the molecule is CCN(CCc1c[nH]c2ccccc12)C(=O)CNC(=O)OCc1ccccc1. The summed E-state index contributed by atoms with van der Waals surface area (Å²) in [5.41, 5.74) is 3.17. The van der Waals surface area contributed by atoms with Gasteiger partial charge in [-0.3, -0.25) is 4.79 Å². The van der Waals surface area contributed by atoms with Crippen LogP contribution < -0.4 is 5.32 Å². The summed E-state index contributed by atoms with van der Waals surface area (Å²) in [5.74, 6) is -0.126. The molecule has 0 aliphatic carbocycles. The maximum atomic E-state index is 12.4. The third-order valence-electron chi connectivity index (χ3n) is 4.66. The summed E-state index contributed by atoms with van der Waals surface area (Å²) >= 11 is 0. The molecular formula is C22H25N3O3. The Morgan fingerprint density at radius 3 is 2.61 bits per heavy atom. The molecule has 0 saturated heterocycles. The van der Waals surface area contributed by atoms with Crippen LogP contribution in [0.5, 0.6) is 0 Å². The minimum absolute atomic E-state index is 0.0741. The maximum absolute atomic E-state index is 12.4. The van der Waals surface area contributed by atoms with Crippen molar-refractivity contribution >= 4 is 22.9 Å². The lowest BCUT2D eigenvalue weighted by Crippen LogP contribution is -2.41. The first-order valence-electron chi connectivity index (χ1n) is 9.44. The van der Waals surface area contributed by atoms with Gasteiger partial charge in [0.15, 0.2) is 0 Å². The standard InChI is InChI=1S/C22H25N3O3/c1-2-25(13-12-18-14-23-20-11-7-6-10-19(18)20)21(26)15-24-22(27)28-16-17-8-4-3-5-9-17/h3-11,14,23H,2,12-13,15-16H2,1H3,(H,24,27). The van der Waals surface area contributed by atoms with Crippen molar-refractivity contribution < 1.29 is 14.3 Å². The lowest BCUT2D eigenvalue weighted by atomic mass is 10.1. The molecule has 0 spiro atoms. The predicted molar refractivity (Wildman–Crippen MR) is 109 cm³/mol. The zero-order valence-corrected chi connectivity index (χ0v) is 16.0. The Kier molecular flexibility index (Phi) is 6.68. The highest BCUT2D eigenvalue weighted by molar-refractivity contribution is 5.84. The number of amides is 2. The van der Waals surface area contributed by atoms with Crippen molar-refractivity contribution in [3.63, 3.8) is 0 Å². The monoisotopic (exact) mass is 379 g/mol. The number of aromatic nitrogens is 1. The predicted octanol–water partition coefficient (Wildman–Crippen LogP) is 3.49. The van der Waals surface area contributed by atoms with Crippen molar-refractivity contribution in [2.45, 2.75) is 20.0 Å². The van der Waals surface area contributed by atoms with Gasteiger partial charge in [0.25, 0.3) is 0 Å². The Morgan fingerprint density at radius 2 is 1.82 bits per heavy atom. The van der Waals surface area contributed by atoms with Crippen LogP contribution in [0.1, 0.15) is 18.1 Å². The fourth-order valence-corrected chi connectivity index (χ4v) is 3.09. The number of para-hydroxylation sites is 1. The third kappa shape index (κ3) is 5.13. The highest BCUT2D eigenvalue weighted by Gasteiger charge is 2.14. The van der Waals surface area contributed by atoms with E-state index in [0.717, 1.165) is 17.5 Å². The molecule has 1 aromatic heterocycles. The summed E-state index contributed by atoms with van der Waals surface area (Å²) in [6.45, 7) is 3.22. The Morgan fingerprint density at radius 1 is 1.07 bits per heavy atom. The van der Waals surface area contributed by atoms with E-state index in [9.17, 15) is 9.59 Å². The lowest BCUT2D eigenvalue weighted by molar-refractivity contribution is -0.129. The van der Waals surface area contributed by atoms with E-state index in [0.29, 0.717) is 13.1 Å². The third-order valence-corrected chi connectivity index (χ3v) is 4.66. The van der Waals surface area contributed by atoms with Crippen LogP contribution in [0.4, 0.5) is 4.79 Å². The molecule has 0 saturated carbocycles. The first kappa shape index (κ1) is 19.5. The number of carbonyl (C=O) groups excluding carboxylic acids is 2. The Hall–Kier alpha value is -3.28. The number of alkyl carbamates (subject to hydrolysis) is 1. The second kappa shape index (κ2) is 9.60. The van der Waals surface area contributed by atoms with Gasteiger partial charge in [0, 0.05) is 30.2 Å². The first-order chi connectivity index (χ1) is 13.7. The normalized spacial score (nSPS) is 10.6. The van der Waals surface area contributed by atoms with Gasteiger partial charge in [0.1, 0.15) is 13.2 Å². The van der Waals surface area contributed by atoms with E-state index in [1.807, 2.05) is 61.7 Å². The van der Waals surface area contributed by atoms with Crippen LogP contribution in [-0.2, 0) is 22.6 Å². The number of nitrogens with zero attached hydrogens (tertiary/aromatic N) is 1. The molecule has 0 atom stereocenters. The molecule has 28 heavy (non-hydrogen) atoms. The number of fused-ring (bicyclic) bond motifs is 1. The van der Waals surface area contributed by atoms with Crippen LogP contribution >= 0.6 is 0 Å². The van der Waals surface area contributed by atoms with Gasteiger partial charge < -0.3 is 19.9 Å². The molecule has 0 bridgehead atoms. The van der Waals surface area contributed by atoms with E-state index in [1.54, 1.807) is 4.90 Å². The van der Waals surface area contributed by atoms with E-state index in [4.69, 9.17) is 4.74 Å². The number of hydrogen-bond acceptors (Lipinski definition) is 3. The van der Waals surface area contributed by atoms with E-state index in [2.05, 4.69) is 16.4 Å². The second-order valence-corrected chi connectivity index (χ2v) is 6.50. The molecule has 0 aliphatic rings. The summed E-state index contributed by atoms with van der Waals surface area (Å²) in [6.07, 6.45) is 2.15. The molecule has 0 unspecified atom stereocenters. The summed E-state index contributed by atoms with van der Waals surface area (Å²) < 4.78 is 5.13. The molecule has 0 aliphatic heterocycles. The molecule has 6 heteroatoms. The molecule has 6 nitrogen and oxygen atoms in total. The smallest absolute Gasteiger partial charge is 0.407 e. The number of aromatic amines is 1. The van der Waals surface area contributed by atoms with Crippen LogP contribution in [0, 0.1) is 0 Å². The zero-order chi connectivity index (χ0) is 19.8. The fraction of sp³-hybridized carbons (Fsp3) is 0.273. The summed E-state index contributed by atoms with van der Waals surface area (Å²) in [5, 5.41) is 3.71. The number of H-pyrrole nitrogens is 1. The Balaban J connectivity index is 1.44. The summed E-state index contributed by atoms with van der Waals surface area (Å²) in [6, 6.07) is 17.5. The molecular weight excluding hydrogens is 354 g/mol. The van der Waals surface area contributed by atoms with E-state index >= 15 is 0 Å². The van der Waals surface area contributed by atoms with Gasteiger partial charge in [-0.25, -0.2) is 4.79 Å². The molecule has 2 amide bonds. The molecule has 0 radical (unpaired) electrons. The van der Waals surface area contributed by atoms with Crippen molar-refractivity contribution in [2.24, 2.45) is 0 Å². The summed E-state index contributed by atoms with van der Waals surface area (Å²) in [4.78, 5) is 29.2. The highest BCUT2D eigenvalue weighted by Crippen LogP contribution is 2.18. The number of carbonyl (C=O) groups is 2. The number of benzene rings is 2. The van der Waals surface area contributed by atoms with Crippen molar-refractivity contribution in [2.75, 3.05) is 19.6 Å². The van der Waals surface area contributed by atoms with Crippen LogP contribution in [0.25, 0.3) is 10.9 Å². The van der Waals surface area contributed by atoms with Crippen molar-refractivity contribution in [3.8, 4) is 0 Å². The second-order valence-electron chi connectivity index (χ2n) is 6.50. The molecule has 3 aromatic rings. The molecule has 0 fully saturated rings. The Bertz CT molecular complexity index is 921. The van der Waals surface area contributed by atoms with E-state index in [-0.39, 0.29) is 19.1 Å². The maximum Gasteiger partial charge on any atom is 0.407 e. The molecule has 2 aromatic carbocycles. The zero-order valence-electron chi connectivity index (χ0n) is 16.0. The van der Waals surface area contributed by atoms with Crippen molar-refractivity contribution in [1.29, 1.82) is 0 Å². The van der Waals surface area contributed by atoms with E-state index < -0.39 is 6.09 Å². The van der Waals surface area contributed by atoms with Gasteiger partial charge in [-0.2, -0.15) is 0 Å². The topological polar surface area (TPSA) is 74.4 Å². The molecule has 3 rings (SSSR count). The number of hydrogen-bond donors (Lipinski definition) is 2. The summed E-state index contributed by atoms with van der Waals surface area (Å²) in [7, 11) is 0. The molecule has 146 valence electrons. The number of likely N-dealkylation sites (N-methyl/N-ethyl adjacent to an activating group) is 1. The lowest BCUT2D eigenvalue weighted by Gasteiger charge is -2.21.